The summed E-state index contributed by atoms with van der Waals surface area (Å²) in [6.07, 6.45) is 1.79. The number of pyridine rings is 1. The zero-order valence-corrected chi connectivity index (χ0v) is 12.7. The van der Waals surface area contributed by atoms with E-state index in [0.29, 0.717) is 0 Å². The fraction of sp³-hybridized carbons (Fsp3) is 0.200. The molecule has 0 radical (unpaired) electrons. The van der Waals surface area contributed by atoms with Gasteiger partial charge in [-0.3, -0.25) is 4.68 Å². The van der Waals surface area contributed by atoms with Crippen molar-refractivity contribution in [2.24, 2.45) is 7.05 Å². The fourth-order valence-corrected chi connectivity index (χ4v) is 3.35. The number of aryl methyl sites for hydroxylation is 2. The van der Waals surface area contributed by atoms with Crippen LogP contribution in [0.4, 0.5) is 0 Å². The molecule has 0 aromatic carbocycles. The molecule has 0 N–H and O–H groups in total. The van der Waals surface area contributed by atoms with Crippen molar-refractivity contribution in [3.63, 3.8) is 0 Å². The van der Waals surface area contributed by atoms with E-state index < -0.39 is 0 Å². The first-order valence-electron chi connectivity index (χ1n) is 4.56. The first-order chi connectivity index (χ1) is 7.56. The first kappa shape index (κ1) is 12.1. The predicted octanol–water partition coefficient (Wildman–Crippen LogP) is 3.80. The van der Waals surface area contributed by atoms with Crippen molar-refractivity contribution in [2.75, 3.05) is 0 Å². The molecule has 2 rings (SSSR count). The zero-order chi connectivity index (χ0) is 11.7. The third-order valence-corrected chi connectivity index (χ3v) is 4.34. The van der Waals surface area contributed by atoms with Gasteiger partial charge in [0, 0.05) is 17.7 Å². The van der Waals surface area contributed by atoms with Crippen LogP contribution in [0.15, 0.2) is 37.3 Å². The molecule has 3 nitrogen and oxygen atoms in total. The van der Waals surface area contributed by atoms with Crippen LogP contribution in [0.3, 0.4) is 0 Å². The highest BCUT2D eigenvalue weighted by atomic mass is 79.9. The largest absolute Gasteiger partial charge is 0.261 e. The molecule has 6 heteroatoms. The van der Waals surface area contributed by atoms with E-state index in [2.05, 4.69) is 41.9 Å². The number of nitrogens with zero attached hydrogens (tertiary/aromatic N) is 3. The van der Waals surface area contributed by atoms with E-state index in [1.165, 1.54) is 0 Å². The second kappa shape index (κ2) is 4.89. The number of rotatable bonds is 2. The van der Waals surface area contributed by atoms with Gasteiger partial charge in [0.05, 0.1) is 10.2 Å². The molecule has 0 unspecified atom stereocenters. The Labute approximate surface area is 115 Å². The van der Waals surface area contributed by atoms with Crippen LogP contribution in [0.1, 0.15) is 5.69 Å². The maximum Gasteiger partial charge on any atom is 0.116 e. The molecule has 84 valence electrons. The summed E-state index contributed by atoms with van der Waals surface area (Å²) in [5, 5.41) is 6.31. The van der Waals surface area contributed by atoms with Gasteiger partial charge in [-0.15, -0.1) is 0 Å². The van der Waals surface area contributed by atoms with E-state index in [1.807, 2.05) is 30.8 Å². The van der Waals surface area contributed by atoms with Crippen LogP contribution in [-0.2, 0) is 7.05 Å². The van der Waals surface area contributed by atoms with E-state index in [1.54, 1.807) is 18.0 Å². The van der Waals surface area contributed by atoms with Crippen LogP contribution in [0.25, 0.3) is 0 Å². The minimum absolute atomic E-state index is 0.936. The average molecular weight is 363 g/mol. The van der Waals surface area contributed by atoms with Crippen molar-refractivity contribution >= 4 is 43.6 Å². The smallest absolute Gasteiger partial charge is 0.116 e. The molecule has 0 aliphatic heterocycles. The summed E-state index contributed by atoms with van der Waals surface area (Å²) in [4.78, 5) is 4.35. The third-order valence-electron chi connectivity index (χ3n) is 1.93. The summed E-state index contributed by atoms with van der Waals surface area (Å²) >= 11 is 8.47. The molecule has 0 aliphatic rings. The summed E-state index contributed by atoms with van der Waals surface area (Å²) in [5.74, 6) is 0. The van der Waals surface area contributed by atoms with Gasteiger partial charge in [-0.2, -0.15) is 5.10 Å². The highest BCUT2D eigenvalue weighted by Gasteiger charge is 2.08. The maximum atomic E-state index is 4.35. The van der Waals surface area contributed by atoms with E-state index >= 15 is 0 Å². The van der Waals surface area contributed by atoms with Gasteiger partial charge in [-0.1, -0.05) is 0 Å². The van der Waals surface area contributed by atoms with Crippen molar-refractivity contribution in [3.8, 4) is 0 Å². The summed E-state index contributed by atoms with van der Waals surface area (Å²) < 4.78 is 3.80. The molecule has 0 atom stereocenters. The Bertz CT molecular complexity index is 525. The number of hydrogen-bond donors (Lipinski definition) is 0. The van der Waals surface area contributed by atoms with Gasteiger partial charge < -0.3 is 0 Å². The summed E-state index contributed by atoms with van der Waals surface area (Å²) in [7, 11) is 1.93. The topological polar surface area (TPSA) is 30.7 Å². The molecule has 0 amide bonds. The SMILES string of the molecule is Cc1cc(Sc2ncc(Br)cc2Br)n(C)n1. The molecule has 0 bridgehead atoms. The second-order valence-corrected chi connectivity index (χ2v) is 6.07. The van der Waals surface area contributed by atoms with Crippen molar-refractivity contribution in [3.05, 3.63) is 33.0 Å². The standard InChI is InChI=1S/C10H9Br2N3S/c1-6-3-9(15(2)14-6)16-10-8(12)4-7(11)5-13-10/h3-5H,1-2H3. The van der Waals surface area contributed by atoms with E-state index in [0.717, 1.165) is 24.7 Å². The predicted molar refractivity (Wildman–Crippen MR) is 71.7 cm³/mol. The lowest BCUT2D eigenvalue weighted by molar-refractivity contribution is 0.692. The quantitative estimate of drug-likeness (QED) is 0.814. The third kappa shape index (κ3) is 2.67. The fourth-order valence-electron chi connectivity index (χ4n) is 1.26. The van der Waals surface area contributed by atoms with Gasteiger partial charge in [0.15, 0.2) is 0 Å². The van der Waals surface area contributed by atoms with Crippen LogP contribution >= 0.6 is 43.6 Å². The number of aromatic nitrogens is 3. The summed E-state index contributed by atoms with van der Waals surface area (Å²) in [6.45, 7) is 1.98. The molecule has 0 aliphatic carbocycles. The Balaban J connectivity index is 2.30. The van der Waals surface area contributed by atoms with Crippen LogP contribution in [0, 0.1) is 6.92 Å². The highest BCUT2D eigenvalue weighted by Crippen LogP contribution is 2.32. The van der Waals surface area contributed by atoms with E-state index in [9.17, 15) is 0 Å². The second-order valence-electron chi connectivity index (χ2n) is 3.29. The lowest BCUT2D eigenvalue weighted by Crippen LogP contribution is -1.93. The molecule has 2 aromatic rings. The Morgan fingerprint density at radius 3 is 2.62 bits per heavy atom. The average Bonchev–Trinajstić information content (AvgIpc) is 2.50. The maximum absolute atomic E-state index is 4.35. The minimum atomic E-state index is 0.936. The van der Waals surface area contributed by atoms with Gasteiger partial charge in [-0.25, -0.2) is 4.98 Å². The highest BCUT2D eigenvalue weighted by molar-refractivity contribution is 9.11. The van der Waals surface area contributed by atoms with Gasteiger partial charge in [0.1, 0.15) is 10.1 Å². The van der Waals surface area contributed by atoms with Crippen LogP contribution in [0.2, 0.25) is 0 Å². The Hall–Kier alpha value is -0.330. The molecule has 0 fully saturated rings. The zero-order valence-electron chi connectivity index (χ0n) is 8.74. The lowest BCUT2D eigenvalue weighted by atomic mass is 10.5. The molecule has 0 spiro atoms. The Morgan fingerprint density at radius 2 is 2.06 bits per heavy atom. The van der Waals surface area contributed by atoms with Crippen molar-refractivity contribution in [1.29, 1.82) is 0 Å². The molecular weight excluding hydrogens is 354 g/mol. The number of halogens is 2. The van der Waals surface area contributed by atoms with Gasteiger partial charge >= 0.3 is 0 Å². The minimum Gasteiger partial charge on any atom is -0.261 e. The molecular formula is C10H9Br2N3S. The summed E-state index contributed by atoms with van der Waals surface area (Å²) in [5.41, 5.74) is 1.01. The Morgan fingerprint density at radius 1 is 1.31 bits per heavy atom. The first-order valence-corrected chi connectivity index (χ1v) is 6.96. The lowest BCUT2D eigenvalue weighted by Gasteiger charge is -2.03. The van der Waals surface area contributed by atoms with Crippen LogP contribution < -0.4 is 0 Å². The number of hydrogen-bond acceptors (Lipinski definition) is 3. The molecule has 0 saturated carbocycles. The van der Waals surface area contributed by atoms with Crippen LogP contribution in [-0.4, -0.2) is 14.8 Å². The van der Waals surface area contributed by atoms with Crippen molar-refractivity contribution < 1.29 is 0 Å². The van der Waals surface area contributed by atoms with Crippen LogP contribution in [0.5, 0.6) is 0 Å². The van der Waals surface area contributed by atoms with Gasteiger partial charge in [0.2, 0.25) is 0 Å². The normalized spacial score (nSPS) is 10.8. The molecule has 16 heavy (non-hydrogen) atoms. The monoisotopic (exact) mass is 361 g/mol. The molecule has 0 saturated heterocycles. The van der Waals surface area contributed by atoms with Crippen molar-refractivity contribution in [1.82, 2.24) is 14.8 Å². The van der Waals surface area contributed by atoms with Crippen molar-refractivity contribution in [2.45, 2.75) is 17.0 Å². The molecule has 2 aromatic heterocycles. The van der Waals surface area contributed by atoms with Gasteiger partial charge in [0.25, 0.3) is 0 Å². The van der Waals surface area contributed by atoms with E-state index in [4.69, 9.17) is 0 Å². The Kier molecular flexibility index (Phi) is 3.71. The molecule has 2 heterocycles. The summed E-state index contributed by atoms with van der Waals surface area (Å²) in [6, 6.07) is 4.03. The van der Waals surface area contributed by atoms with Gasteiger partial charge in [-0.05, 0) is 62.7 Å². The van der Waals surface area contributed by atoms with E-state index in [-0.39, 0.29) is 0 Å².